The van der Waals surface area contributed by atoms with Gasteiger partial charge in [-0.2, -0.15) is 0 Å². The van der Waals surface area contributed by atoms with Gasteiger partial charge in [0.1, 0.15) is 0 Å². The van der Waals surface area contributed by atoms with E-state index in [1.165, 1.54) is 0 Å². The number of hydrogen-bond acceptors (Lipinski definition) is 4. The van der Waals surface area contributed by atoms with E-state index in [0.29, 0.717) is 0 Å². The molecule has 0 aliphatic rings. The van der Waals surface area contributed by atoms with Crippen LogP contribution in [0.3, 0.4) is 0 Å². The number of anilines is 1. The summed E-state index contributed by atoms with van der Waals surface area (Å²) in [5, 5.41) is 0. The maximum atomic E-state index is 11.8. The molecule has 0 fully saturated rings. The molecule has 5 N–H and O–H groups in total. The quantitative estimate of drug-likeness (QED) is 0.672. The van der Waals surface area contributed by atoms with Crippen molar-refractivity contribution in [3.05, 3.63) is 22.1 Å². The molecular formula is C7H8F3N3O2. The number of H-pyrrole nitrogens is 1. The van der Waals surface area contributed by atoms with Crippen molar-refractivity contribution in [3.63, 3.8) is 0 Å². The van der Waals surface area contributed by atoms with E-state index in [-0.39, 0.29) is 12.2 Å². The van der Waals surface area contributed by atoms with Crippen LogP contribution < -0.4 is 21.8 Å². The molecule has 0 aliphatic carbocycles. The summed E-state index contributed by atoms with van der Waals surface area (Å²) < 4.78 is 38.9. The van der Waals surface area contributed by atoms with Gasteiger partial charge in [0.15, 0.2) is 0 Å². The Kier molecular flexibility index (Phi) is 2.89. The highest BCUT2D eigenvalue weighted by atomic mass is 19.4. The van der Waals surface area contributed by atoms with E-state index < -0.39 is 23.4 Å². The number of nitrogens with two attached hydrogens (primary N) is 2. The third-order valence-corrected chi connectivity index (χ3v) is 1.51. The largest absolute Gasteiger partial charge is 0.573 e. The van der Waals surface area contributed by atoms with Crippen molar-refractivity contribution >= 4 is 5.69 Å². The molecule has 1 rings (SSSR count). The van der Waals surface area contributed by atoms with Crippen LogP contribution in [0.15, 0.2) is 10.9 Å². The van der Waals surface area contributed by atoms with Gasteiger partial charge in [-0.25, -0.2) is 0 Å². The molecule has 0 radical (unpaired) electrons. The summed E-state index contributed by atoms with van der Waals surface area (Å²) in [6, 6.07) is 1.11. The molecule has 1 heterocycles. The predicted octanol–water partition coefficient (Wildman–Crippen LogP) is 0.314. The van der Waals surface area contributed by atoms with Gasteiger partial charge in [0.2, 0.25) is 5.75 Å². The van der Waals surface area contributed by atoms with E-state index in [4.69, 9.17) is 11.5 Å². The zero-order chi connectivity index (χ0) is 11.6. The summed E-state index contributed by atoms with van der Waals surface area (Å²) in [7, 11) is 0. The Labute approximate surface area is 81.8 Å². The number of aromatic amines is 1. The number of aromatic nitrogens is 1. The van der Waals surface area contributed by atoms with E-state index in [2.05, 4.69) is 9.72 Å². The summed E-state index contributed by atoms with van der Waals surface area (Å²) in [6.07, 6.45) is -4.95. The van der Waals surface area contributed by atoms with Gasteiger partial charge in [-0.05, 0) is 6.07 Å². The van der Waals surface area contributed by atoms with Crippen LogP contribution >= 0.6 is 0 Å². The minimum absolute atomic E-state index is 0.0360. The molecule has 0 aliphatic heterocycles. The predicted molar refractivity (Wildman–Crippen MR) is 46.0 cm³/mol. The second-order valence-electron chi connectivity index (χ2n) is 2.66. The third kappa shape index (κ3) is 2.88. The minimum atomic E-state index is -4.95. The second-order valence-corrected chi connectivity index (χ2v) is 2.66. The van der Waals surface area contributed by atoms with Crippen molar-refractivity contribution in [2.24, 2.45) is 5.73 Å². The fourth-order valence-corrected chi connectivity index (χ4v) is 0.954. The van der Waals surface area contributed by atoms with Gasteiger partial charge >= 0.3 is 6.36 Å². The first kappa shape index (κ1) is 11.4. The van der Waals surface area contributed by atoms with E-state index in [1.54, 1.807) is 0 Å². The Balaban J connectivity index is 3.15. The summed E-state index contributed by atoms with van der Waals surface area (Å²) in [6.45, 7) is -0.0360. The van der Waals surface area contributed by atoms with Crippen molar-refractivity contribution in [2.75, 3.05) is 5.73 Å². The van der Waals surface area contributed by atoms with Gasteiger partial charge in [0.25, 0.3) is 5.56 Å². The number of nitrogens with one attached hydrogen (secondary N) is 1. The van der Waals surface area contributed by atoms with Gasteiger partial charge in [0, 0.05) is 12.2 Å². The number of ether oxygens (including phenoxy) is 1. The van der Waals surface area contributed by atoms with E-state index in [9.17, 15) is 18.0 Å². The molecule has 0 spiro atoms. The van der Waals surface area contributed by atoms with E-state index >= 15 is 0 Å². The topological polar surface area (TPSA) is 94.1 Å². The van der Waals surface area contributed by atoms with Crippen LogP contribution in [-0.2, 0) is 6.54 Å². The van der Waals surface area contributed by atoms with Crippen LogP contribution in [0.25, 0.3) is 0 Å². The Morgan fingerprint density at radius 2 is 2.07 bits per heavy atom. The molecule has 0 aromatic carbocycles. The molecule has 84 valence electrons. The molecule has 8 heteroatoms. The van der Waals surface area contributed by atoms with Gasteiger partial charge in [-0.15, -0.1) is 13.2 Å². The molecule has 0 saturated heterocycles. The zero-order valence-corrected chi connectivity index (χ0v) is 7.39. The van der Waals surface area contributed by atoms with Crippen molar-refractivity contribution in [3.8, 4) is 5.75 Å². The number of hydrogen-bond donors (Lipinski definition) is 3. The highest BCUT2D eigenvalue weighted by Crippen LogP contribution is 2.24. The summed E-state index contributed by atoms with van der Waals surface area (Å²) >= 11 is 0. The van der Waals surface area contributed by atoms with Gasteiger partial charge in [-0.3, -0.25) is 4.79 Å². The van der Waals surface area contributed by atoms with Gasteiger partial charge in [-0.1, -0.05) is 0 Å². The van der Waals surface area contributed by atoms with Crippen molar-refractivity contribution < 1.29 is 17.9 Å². The van der Waals surface area contributed by atoms with Crippen LogP contribution in [0, 0.1) is 0 Å². The van der Waals surface area contributed by atoms with Gasteiger partial charge in [0.05, 0.1) is 5.69 Å². The average Bonchev–Trinajstić information content (AvgIpc) is 2.09. The SMILES string of the molecule is NCc1cc(N)c(OC(F)(F)F)c(=O)[nH]1. The molecule has 5 nitrogen and oxygen atoms in total. The van der Waals surface area contributed by atoms with Crippen LogP contribution in [0.5, 0.6) is 5.75 Å². The van der Waals surface area contributed by atoms with E-state index in [0.717, 1.165) is 6.07 Å². The number of pyridine rings is 1. The molecule has 0 saturated carbocycles. The molecular weight excluding hydrogens is 215 g/mol. The first-order chi connectivity index (χ1) is 6.83. The average molecular weight is 223 g/mol. The lowest BCUT2D eigenvalue weighted by atomic mass is 10.3. The minimum Gasteiger partial charge on any atom is -0.398 e. The smallest absolute Gasteiger partial charge is 0.398 e. The Hall–Kier alpha value is -1.70. The summed E-state index contributed by atoms with van der Waals surface area (Å²) in [4.78, 5) is 13.2. The Morgan fingerprint density at radius 3 is 2.47 bits per heavy atom. The summed E-state index contributed by atoms with van der Waals surface area (Å²) in [5.74, 6) is -0.972. The fraction of sp³-hybridized carbons (Fsp3) is 0.286. The number of alkyl halides is 3. The van der Waals surface area contributed by atoms with Crippen LogP contribution in [-0.4, -0.2) is 11.3 Å². The lowest BCUT2D eigenvalue weighted by Gasteiger charge is -2.10. The van der Waals surface area contributed by atoms with Gasteiger partial charge < -0.3 is 21.2 Å². The Bertz CT molecular complexity index is 413. The summed E-state index contributed by atoms with van der Waals surface area (Å²) in [5.41, 5.74) is 9.14. The molecule has 1 aromatic heterocycles. The standard InChI is InChI=1S/C7H8F3N3O2/c8-7(9,10)15-5-4(12)1-3(2-11)13-6(5)14/h1H,2,11H2,(H3,12,13,14). The van der Waals surface area contributed by atoms with Crippen LogP contribution in [0.2, 0.25) is 0 Å². The molecule has 0 amide bonds. The van der Waals surface area contributed by atoms with Crippen LogP contribution in [0.1, 0.15) is 5.69 Å². The normalized spacial score (nSPS) is 11.5. The monoisotopic (exact) mass is 223 g/mol. The van der Waals surface area contributed by atoms with Crippen molar-refractivity contribution in [1.29, 1.82) is 0 Å². The third-order valence-electron chi connectivity index (χ3n) is 1.51. The first-order valence-electron chi connectivity index (χ1n) is 3.81. The van der Waals surface area contributed by atoms with Crippen molar-refractivity contribution in [2.45, 2.75) is 12.9 Å². The number of nitrogen functional groups attached to an aromatic ring is 1. The molecule has 0 bridgehead atoms. The highest BCUT2D eigenvalue weighted by Gasteiger charge is 2.33. The second kappa shape index (κ2) is 3.81. The lowest BCUT2D eigenvalue weighted by molar-refractivity contribution is -0.274. The maximum absolute atomic E-state index is 11.8. The number of rotatable bonds is 2. The van der Waals surface area contributed by atoms with Crippen molar-refractivity contribution in [1.82, 2.24) is 4.98 Å². The number of halogens is 3. The van der Waals surface area contributed by atoms with Crippen LogP contribution in [0.4, 0.5) is 18.9 Å². The fourth-order valence-electron chi connectivity index (χ4n) is 0.954. The molecule has 0 atom stereocenters. The molecule has 1 aromatic rings. The maximum Gasteiger partial charge on any atom is 0.573 e. The lowest BCUT2D eigenvalue weighted by Crippen LogP contribution is -2.25. The molecule has 15 heavy (non-hydrogen) atoms. The highest BCUT2D eigenvalue weighted by molar-refractivity contribution is 5.51. The molecule has 0 unspecified atom stereocenters. The zero-order valence-electron chi connectivity index (χ0n) is 7.39. The van der Waals surface area contributed by atoms with E-state index in [1.807, 2.05) is 0 Å². The first-order valence-corrected chi connectivity index (χ1v) is 3.81. The Morgan fingerprint density at radius 1 is 1.47 bits per heavy atom.